The van der Waals surface area contributed by atoms with Crippen LogP contribution in [0.4, 0.5) is 0 Å². The molecule has 0 bridgehead atoms. The Morgan fingerprint density at radius 3 is 1.38 bits per heavy atom. The minimum Gasteiger partial charge on any atom is -0.544 e. The van der Waals surface area contributed by atoms with E-state index in [1.54, 1.807) is 21.1 Å². The summed E-state index contributed by atoms with van der Waals surface area (Å²) in [5.41, 5.74) is 0. The Labute approximate surface area is 327 Å². The summed E-state index contributed by atoms with van der Waals surface area (Å²) in [6.07, 6.45) is 38.0. The van der Waals surface area contributed by atoms with Gasteiger partial charge in [0.05, 0.1) is 40.3 Å². The van der Waals surface area contributed by atoms with Crippen molar-refractivity contribution < 1.29 is 38.2 Å². The Morgan fingerprint density at radius 2 is 0.943 bits per heavy atom. The van der Waals surface area contributed by atoms with Crippen LogP contribution < -0.4 is 5.11 Å². The first kappa shape index (κ1) is 51.1. The highest BCUT2D eigenvalue weighted by atomic mass is 16.6. The number of likely N-dealkylation sites (N-methyl/N-ethyl adjacent to an activating group) is 1. The van der Waals surface area contributed by atoms with Crippen molar-refractivity contribution >= 4 is 17.9 Å². The molecule has 0 fully saturated rings. The molecule has 0 aliphatic rings. The number of hydrogen-bond donors (Lipinski definition) is 0. The van der Waals surface area contributed by atoms with Crippen molar-refractivity contribution in [1.82, 2.24) is 0 Å². The van der Waals surface area contributed by atoms with Crippen LogP contribution >= 0.6 is 0 Å². The minimum atomic E-state index is -1.12. The summed E-state index contributed by atoms with van der Waals surface area (Å²) in [6.45, 7) is 4.66. The zero-order valence-electron chi connectivity index (χ0n) is 35.4. The number of carboxylic acid groups (broad SMARTS) is 1. The minimum absolute atomic E-state index is 0.0401. The van der Waals surface area contributed by atoms with Crippen LogP contribution in [0.5, 0.6) is 0 Å². The molecule has 0 aromatic carbocycles. The number of quaternary nitrogens is 1. The van der Waals surface area contributed by atoms with Crippen LogP contribution in [-0.2, 0) is 28.6 Å². The third-order valence-electron chi connectivity index (χ3n) is 10.2. The van der Waals surface area contributed by atoms with Crippen molar-refractivity contribution in [1.29, 1.82) is 0 Å². The second kappa shape index (κ2) is 37.0. The average molecular weight is 752 g/mol. The number of unbranched alkanes of at least 4 members (excludes halogenated alkanes) is 24. The van der Waals surface area contributed by atoms with Crippen LogP contribution in [0.2, 0.25) is 0 Å². The first-order chi connectivity index (χ1) is 25.6. The monoisotopic (exact) mass is 752 g/mol. The zero-order chi connectivity index (χ0) is 39.3. The Hall–Kier alpha value is -1.93. The van der Waals surface area contributed by atoms with Gasteiger partial charge >= 0.3 is 11.9 Å². The SMILES string of the molecule is CCCCCCCC/C=C/CCCCCC(=O)OC(COCCC(C(=O)[O-])[N+](C)(C)C)COC(=O)CCCCCCCCCCCCCCCCCC. The fraction of sp³-hybridized carbons (Fsp3) is 0.889. The van der Waals surface area contributed by atoms with Crippen molar-refractivity contribution in [2.45, 2.75) is 219 Å². The highest BCUT2D eigenvalue weighted by Crippen LogP contribution is 2.15. The zero-order valence-corrected chi connectivity index (χ0v) is 35.4. The smallest absolute Gasteiger partial charge is 0.306 e. The Balaban J connectivity index is 4.32. The van der Waals surface area contributed by atoms with Crippen molar-refractivity contribution in [2.24, 2.45) is 0 Å². The lowest BCUT2D eigenvalue weighted by Crippen LogP contribution is -2.55. The van der Waals surface area contributed by atoms with Crippen LogP contribution in [0, 0.1) is 0 Å². The quantitative estimate of drug-likeness (QED) is 0.0266. The normalized spacial score (nSPS) is 13.0. The van der Waals surface area contributed by atoms with Gasteiger partial charge in [0.2, 0.25) is 0 Å². The van der Waals surface area contributed by atoms with Crippen LogP contribution in [0.3, 0.4) is 0 Å². The Kier molecular flexibility index (Phi) is 35.7. The Bertz CT molecular complexity index is 885. The number of ether oxygens (including phenoxy) is 3. The number of hydrogen-bond acceptors (Lipinski definition) is 7. The summed E-state index contributed by atoms with van der Waals surface area (Å²) in [4.78, 5) is 36.8. The van der Waals surface area contributed by atoms with E-state index in [4.69, 9.17) is 14.2 Å². The van der Waals surface area contributed by atoms with E-state index >= 15 is 0 Å². The third kappa shape index (κ3) is 35.5. The molecule has 0 aliphatic heterocycles. The van der Waals surface area contributed by atoms with Gasteiger partial charge in [0.25, 0.3) is 0 Å². The van der Waals surface area contributed by atoms with Gasteiger partial charge in [-0.25, -0.2) is 0 Å². The number of rotatable bonds is 40. The molecule has 0 aliphatic carbocycles. The number of carbonyl (C=O) groups excluding carboxylic acids is 3. The van der Waals surface area contributed by atoms with Crippen molar-refractivity contribution in [3.63, 3.8) is 0 Å². The number of carboxylic acids is 1. The number of allylic oxidation sites excluding steroid dienone is 2. The maximum Gasteiger partial charge on any atom is 0.306 e. The molecule has 8 heteroatoms. The number of carbonyl (C=O) groups is 3. The number of aliphatic carboxylic acids is 1. The average Bonchev–Trinajstić information content (AvgIpc) is 3.11. The fourth-order valence-electron chi connectivity index (χ4n) is 6.65. The van der Waals surface area contributed by atoms with Crippen LogP contribution in [0.1, 0.15) is 206 Å². The molecule has 0 spiro atoms. The lowest BCUT2D eigenvalue weighted by Gasteiger charge is -2.34. The van der Waals surface area contributed by atoms with Gasteiger partial charge in [0.1, 0.15) is 12.6 Å². The molecular weight excluding hydrogens is 666 g/mol. The van der Waals surface area contributed by atoms with Crippen LogP contribution in [0.25, 0.3) is 0 Å². The molecular formula is C45H85NO7. The van der Waals surface area contributed by atoms with Gasteiger partial charge in [0, 0.05) is 19.3 Å². The molecule has 0 amide bonds. The van der Waals surface area contributed by atoms with Crippen molar-refractivity contribution in [3.05, 3.63) is 12.2 Å². The summed E-state index contributed by atoms with van der Waals surface area (Å²) in [7, 11) is 5.41. The van der Waals surface area contributed by atoms with Gasteiger partial charge < -0.3 is 28.6 Å². The topological polar surface area (TPSA) is 102 Å². The van der Waals surface area contributed by atoms with E-state index in [0.717, 1.165) is 51.4 Å². The van der Waals surface area contributed by atoms with Crippen LogP contribution in [0.15, 0.2) is 12.2 Å². The maximum absolute atomic E-state index is 12.7. The van der Waals surface area contributed by atoms with Crippen LogP contribution in [-0.4, -0.2) is 75.5 Å². The molecule has 0 saturated heterocycles. The third-order valence-corrected chi connectivity index (χ3v) is 10.2. The van der Waals surface area contributed by atoms with E-state index in [9.17, 15) is 19.5 Å². The van der Waals surface area contributed by atoms with Gasteiger partial charge in [-0.2, -0.15) is 0 Å². The van der Waals surface area contributed by atoms with E-state index in [1.165, 1.54) is 122 Å². The van der Waals surface area contributed by atoms with Gasteiger partial charge in [-0.05, 0) is 38.5 Å². The second-order valence-electron chi connectivity index (χ2n) is 16.3. The van der Waals surface area contributed by atoms with E-state index in [2.05, 4.69) is 26.0 Å². The fourth-order valence-corrected chi connectivity index (χ4v) is 6.65. The molecule has 0 aromatic rings. The summed E-state index contributed by atoms with van der Waals surface area (Å²) < 4.78 is 17.2. The van der Waals surface area contributed by atoms with Crippen molar-refractivity contribution in [3.8, 4) is 0 Å². The molecule has 0 aromatic heterocycles. The summed E-state index contributed by atoms with van der Waals surface area (Å²) in [5.74, 6) is -1.74. The second-order valence-corrected chi connectivity index (χ2v) is 16.3. The molecule has 0 rings (SSSR count). The molecule has 8 nitrogen and oxygen atoms in total. The summed E-state index contributed by atoms with van der Waals surface area (Å²) in [5, 5.41) is 11.6. The molecule has 0 heterocycles. The van der Waals surface area contributed by atoms with Gasteiger partial charge in [-0.15, -0.1) is 0 Å². The van der Waals surface area contributed by atoms with E-state index < -0.39 is 18.1 Å². The van der Waals surface area contributed by atoms with E-state index in [0.29, 0.717) is 12.8 Å². The number of nitrogens with zero attached hydrogens (tertiary/aromatic N) is 1. The highest BCUT2D eigenvalue weighted by Gasteiger charge is 2.25. The van der Waals surface area contributed by atoms with Gasteiger partial charge in [-0.3, -0.25) is 9.59 Å². The molecule has 2 atom stereocenters. The molecule has 312 valence electrons. The van der Waals surface area contributed by atoms with E-state index in [-0.39, 0.29) is 42.7 Å². The predicted molar refractivity (Wildman–Crippen MR) is 217 cm³/mol. The lowest BCUT2D eigenvalue weighted by atomic mass is 10.0. The summed E-state index contributed by atoms with van der Waals surface area (Å²) >= 11 is 0. The molecule has 53 heavy (non-hydrogen) atoms. The molecule has 0 radical (unpaired) electrons. The number of esters is 2. The molecule has 2 unspecified atom stereocenters. The summed E-state index contributed by atoms with van der Waals surface area (Å²) in [6, 6.07) is -0.723. The Morgan fingerprint density at radius 1 is 0.547 bits per heavy atom. The first-order valence-corrected chi connectivity index (χ1v) is 22.2. The first-order valence-electron chi connectivity index (χ1n) is 22.2. The van der Waals surface area contributed by atoms with Gasteiger partial charge in [0.15, 0.2) is 6.10 Å². The van der Waals surface area contributed by atoms with Crippen molar-refractivity contribution in [2.75, 3.05) is 41.0 Å². The lowest BCUT2D eigenvalue weighted by molar-refractivity contribution is -0.889. The predicted octanol–water partition coefficient (Wildman–Crippen LogP) is 10.6. The molecule has 0 saturated carbocycles. The largest absolute Gasteiger partial charge is 0.544 e. The van der Waals surface area contributed by atoms with Gasteiger partial charge in [-0.1, -0.05) is 161 Å². The standard InChI is InChI=1S/C45H85NO7/c1-6-8-10-12-14-16-18-20-21-22-24-25-27-29-31-33-35-43(47)52-40-41(39-51-38-37-42(45(49)50)46(3,4)5)53-44(48)36-34-32-30-28-26-23-19-17-15-13-11-9-7-2/h23,26,41-42H,6-22,24-25,27-40H2,1-5H3/b26-23+. The maximum atomic E-state index is 12.7. The highest BCUT2D eigenvalue weighted by molar-refractivity contribution is 5.70. The van der Waals surface area contributed by atoms with E-state index in [1.807, 2.05) is 0 Å². The molecule has 0 N–H and O–H groups in total.